The number of carboxylic acid groups (broad SMARTS) is 1. The molecule has 86 valence electrons. The van der Waals surface area contributed by atoms with Crippen molar-refractivity contribution >= 4 is 5.97 Å². The number of ether oxygens (including phenoxy) is 1. The molecule has 0 aliphatic carbocycles. The van der Waals surface area contributed by atoms with Crippen molar-refractivity contribution in [3.05, 3.63) is 29.8 Å². The fourth-order valence-corrected chi connectivity index (χ4v) is 1.83. The molecule has 5 nitrogen and oxygen atoms in total. The molecular weight excluding hydrogens is 210 g/mol. The monoisotopic (exact) mass is 223 g/mol. The molecule has 1 atom stereocenters. The number of carbonyl (C=O) groups is 1. The molecular formula is C11H13NO4. The number of aromatic hydroxyl groups is 1. The molecule has 1 saturated heterocycles. The van der Waals surface area contributed by atoms with Gasteiger partial charge in [0.25, 0.3) is 0 Å². The minimum absolute atomic E-state index is 0.0468. The van der Waals surface area contributed by atoms with Gasteiger partial charge in [-0.2, -0.15) is 0 Å². The van der Waals surface area contributed by atoms with Crippen molar-refractivity contribution in [2.45, 2.75) is 5.54 Å². The molecule has 1 aliphatic rings. The third kappa shape index (κ3) is 1.75. The lowest BCUT2D eigenvalue weighted by Crippen LogP contribution is -2.56. The maximum Gasteiger partial charge on any atom is 0.331 e. The second-order valence-corrected chi connectivity index (χ2v) is 3.74. The van der Waals surface area contributed by atoms with Gasteiger partial charge in [0.05, 0.1) is 13.2 Å². The highest BCUT2D eigenvalue weighted by Crippen LogP contribution is 2.26. The fourth-order valence-electron chi connectivity index (χ4n) is 1.83. The summed E-state index contributed by atoms with van der Waals surface area (Å²) in [5.41, 5.74) is -0.753. The molecule has 0 saturated carbocycles. The summed E-state index contributed by atoms with van der Waals surface area (Å²) in [7, 11) is 0. The lowest BCUT2D eigenvalue weighted by Gasteiger charge is -2.34. The van der Waals surface area contributed by atoms with Gasteiger partial charge in [-0.1, -0.05) is 12.1 Å². The Bertz CT molecular complexity index is 399. The van der Waals surface area contributed by atoms with E-state index in [1.165, 1.54) is 12.1 Å². The van der Waals surface area contributed by atoms with E-state index in [2.05, 4.69) is 5.32 Å². The minimum atomic E-state index is -1.25. The largest absolute Gasteiger partial charge is 0.508 e. The molecule has 3 N–H and O–H groups in total. The zero-order chi connectivity index (χ0) is 11.6. The third-order valence-electron chi connectivity index (χ3n) is 2.70. The van der Waals surface area contributed by atoms with Crippen LogP contribution < -0.4 is 5.32 Å². The average molecular weight is 223 g/mol. The van der Waals surface area contributed by atoms with E-state index in [9.17, 15) is 15.0 Å². The van der Waals surface area contributed by atoms with E-state index < -0.39 is 11.5 Å². The van der Waals surface area contributed by atoms with Crippen molar-refractivity contribution < 1.29 is 19.7 Å². The summed E-state index contributed by atoms with van der Waals surface area (Å²) < 4.78 is 5.22. The maximum atomic E-state index is 11.4. The lowest BCUT2D eigenvalue weighted by atomic mass is 9.89. The summed E-state index contributed by atoms with van der Waals surface area (Å²) in [5.74, 6) is -0.955. The first kappa shape index (κ1) is 10.9. The third-order valence-corrected chi connectivity index (χ3v) is 2.70. The van der Waals surface area contributed by atoms with Crippen molar-refractivity contribution in [2.24, 2.45) is 0 Å². The molecule has 0 amide bonds. The van der Waals surface area contributed by atoms with E-state index in [0.29, 0.717) is 18.7 Å². The molecule has 0 aromatic heterocycles. The van der Waals surface area contributed by atoms with E-state index in [4.69, 9.17) is 4.74 Å². The van der Waals surface area contributed by atoms with Gasteiger partial charge in [0, 0.05) is 6.54 Å². The van der Waals surface area contributed by atoms with Crippen molar-refractivity contribution in [3.63, 3.8) is 0 Å². The topological polar surface area (TPSA) is 78.8 Å². The van der Waals surface area contributed by atoms with Crippen LogP contribution in [0, 0.1) is 0 Å². The van der Waals surface area contributed by atoms with Gasteiger partial charge >= 0.3 is 5.97 Å². The highest BCUT2D eigenvalue weighted by atomic mass is 16.5. The van der Waals surface area contributed by atoms with Crippen molar-refractivity contribution in [2.75, 3.05) is 19.8 Å². The Morgan fingerprint density at radius 2 is 2.31 bits per heavy atom. The second-order valence-electron chi connectivity index (χ2n) is 3.74. The number of aliphatic carboxylic acids is 1. The molecule has 1 unspecified atom stereocenters. The molecule has 1 heterocycles. The Kier molecular flexibility index (Phi) is 2.80. The first-order valence-corrected chi connectivity index (χ1v) is 5.01. The average Bonchev–Trinajstić information content (AvgIpc) is 2.30. The smallest absolute Gasteiger partial charge is 0.331 e. The fraction of sp³-hybridized carbons (Fsp3) is 0.364. The van der Waals surface area contributed by atoms with Gasteiger partial charge in [-0.3, -0.25) is 5.32 Å². The van der Waals surface area contributed by atoms with E-state index in [1.807, 2.05) is 0 Å². The predicted octanol–water partition coefficient (Wildman–Crippen LogP) is 0.292. The van der Waals surface area contributed by atoms with Gasteiger partial charge in [-0.15, -0.1) is 0 Å². The molecule has 2 rings (SSSR count). The maximum absolute atomic E-state index is 11.4. The molecule has 5 heteroatoms. The molecule has 1 fully saturated rings. The quantitative estimate of drug-likeness (QED) is 0.671. The molecule has 0 bridgehead atoms. The number of rotatable bonds is 2. The van der Waals surface area contributed by atoms with Gasteiger partial charge < -0.3 is 14.9 Å². The normalized spacial score (nSPS) is 25.2. The summed E-state index contributed by atoms with van der Waals surface area (Å²) in [6.07, 6.45) is 0. The zero-order valence-electron chi connectivity index (χ0n) is 8.64. The Morgan fingerprint density at radius 1 is 1.50 bits per heavy atom. The van der Waals surface area contributed by atoms with E-state index >= 15 is 0 Å². The van der Waals surface area contributed by atoms with Crippen LogP contribution in [0.5, 0.6) is 5.75 Å². The molecule has 1 aromatic rings. The molecule has 16 heavy (non-hydrogen) atoms. The predicted molar refractivity (Wildman–Crippen MR) is 56.2 cm³/mol. The van der Waals surface area contributed by atoms with Crippen molar-refractivity contribution in [1.82, 2.24) is 5.32 Å². The van der Waals surface area contributed by atoms with Gasteiger partial charge in [0.2, 0.25) is 0 Å². The Labute approximate surface area is 92.7 Å². The number of phenolic OH excluding ortho intramolecular Hbond substituents is 1. The number of morpholine rings is 1. The SMILES string of the molecule is O=C(O)C1(c2cccc(O)c2)COCCN1. The number of carboxylic acids is 1. The molecule has 1 aromatic carbocycles. The number of phenols is 1. The van der Waals surface area contributed by atoms with Gasteiger partial charge in [-0.05, 0) is 17.7 Å². The second kappa shape index (κ2) is 4.11. The first-order chi connectivity index (χ1) is 7.65. The van der Waals surface area contributed by atoms with Crippen LogP contribution in [0.3, 0.4) is 0 Å². The number of benzene rings is 1. The van der Waals surface area contributed by atoms with E-state index in [1.54, 1.807) is 12.1 Å². The van der Waals surface area contributed by atoms with Crippen LogP contribution in [-0.4, -0.2) is 35.9 Å². The van der Waals surface area contributed by atoms with Gasteiger partial charge in [0.1, 0.15) is 5.75 Å². The highest BCUT2D eigenvalue weighted by Gasteiger charge is 2.42. The van der Waals surface area contributed by atoms with Crippen LogP contribution in [-0.2, 0) is 15.1 Å². The van der Waals surface area contributed by atoms with Gasteiger partial charge in [0.15, 0.2) is 5.54 Å². The summed E-state index contributed by atoms with van der Waals surface area (Å²) in [5, 5.41) is 21.6. The van der Waals surface area contributed by atoms with Crippen LogP contribution in [0.4, 0.5) is 0 Å². The molecule has 0 radical (unpaired) electrons. The summed E-state index contributed by atoms with van der Waals surface area (Å²) in [6.45, 7) is 1.03. The zero-order valence-corrected chi connectivity index (χ0v) is 8.64. The summed E-state index contributed by atoms with van der Waals surface area (Å²) in [4.78, 5) is 11.4. The Morgan fingerprint density at radius 3 is 2.88 bits per heavy atom. The first-order valence-electron chi connectivity index (χ1n) is 5.01. The van der Waals surface area contributed by atoms with E-state index in [0.717, 1.165) is 0 Å². The Balaban J connectivity index is 2.42. The van der Waals surface area contributed by atoms with Crippen LogP contribution in [0.15, 0.2) is 24.3 Å². The molecule has 1 aliphatic heterocycles. The van der Waals surface area contributed by atoms with Crippen LogP contribution >= 0.6 is 0 Å². The summed E-state index contributed by atoms with van der Waals surface area (Å²) >= 11 is 0. The standard InChI is InChI=1S/C11H13NO4/c13-9-3-1-2-8(6-9)11(10(14)15)7-16-5-4-12-11/h1-3,6,12-13H,4-5,7H2,(H,14,15). The van der Waals surface area contributed by atoms with Crippen LogP contribution in [0.1, 0.15) is 5.56 Å². The lowest BCUT2D eigenvalue weighted by molar-refractivity contribution is -0.151. The number of hydrogen-bond donors (Lipinski definition) is 3. The number of nitrogens with one attached hydrogen (secondary N) is 1. The van der Waals surface area contributed by atoms with Crippen molar-refractivity contribution in [1.29, 1.82) is 0 Å². The summed E-state index contributed by atoms with van der Waals surface area (Å²) in [6, 6.07) is 6.22. The number of hydrogen-bond acceptors (Lipinski definition) is 4. The van der Waals surface area contributed by atoms with Gasteiger partial charge in [-0.25, -0.2) is 4.79 Å². The van der Waals surface area contributed by atoms with Crippen molar-refractivity contribution in [3.8, 4) is 5.75 Å². The minimum Gasteiger partial charge on any atom is -0.508 e. The Hall–Kier alpha value is -1.59. The molecule has 0 spiro atoms. The van der Waals surface area contributed by atoms with Crippen LogP contribution in [0.25, 0.3) is 0 Å². The highest BCUT2D eigenvalue weighted by molar-refractivity contribution is 5.81. The van der Waals surface area contributed by atoms with E-state index in [-0.39, 0.29) is 12.4 Å². The van der Waals surface area contributed by atoms with Crippen LogP contribution in [0.2, 0.25) is 0 Å².